The zero-order chi connectivity index (χ0) is 21.9. The second-order valence-electron chi connectivity index (χ2n) is 7.96. The minimum atomic E-state index is -0.332. The van der Waals surface area contributed by atoms with Crippen molar-refractivity contribution in [2.24, 2.45) is 0 Å². The molecular weight excluding hydrogens is 423 g/mol. The van der Waals surface area contributed by atoms with Gasteiger partial charge in [0.1, 0.15) is 17.4 Å². The third kappa shape index (κ3) is 4.23. The number of thiazole rings is 1. The largest absolute Gasteiger partial charge is 0.467 e. The van der Waals surface area contributed by atoms with E-state index >= 15 is 0 Å². The van der Waals surface area contributed by atoms with Crippen LogP contribution in [0.1, 0.15) is 29.9 Å². The standard InChI is InChI=1S/C26H23FN2O2S/c27-21-12-7-13-22-24(21)28-26(32-22)31-20-14-16-29(17-15-20)25(30)23(18-8-3-1-4-9-18)19-10-5-2-6-11-19/h1-13,20,23H,14-17H2. The van der Waals surface area contributed by atoms with Gasteiger partial charge in [-0.1, -0.05) is 78.1 Å². The molecule has 1 fully saturated rings. The molecule has 0 unspecified atom stereocenters. The van der Waals surface area contributed by atoms with E-state index in [1.165, 1.54) is 17.4 Å². The van der Waals surface area contributed by atoms with Crippen LogP contribution in [0.5, 0.6) is 5.19 Å². The predicted molar refractivity (Wildman–Crippen MR) is 125 cm³/mol. The molecule has 4 aromatic rings. The summed E-state index contributed by atoms with van der Waals surface area (Å²) in [5.41, 5.74) is 2.35. The number of carbonyl (C=O) groups excluding carboxylic acids is 1. The van der Waals surface area contributed by atoms with Crippen LogP contribution in [0.2, 0.25) is 0 Å². The van der Waals surface area contributed by atoms with Crippen molar-refractivity contribution >= 4 is 27.5 Å². The first-order chi connectivity index (χ1) is 15.7. The lowest BCUT2D eigenvalue weighted by molar-refractivity contribution is -0.133. The Morgan fingerprint density at radius 1 is 0.938 bits per heavy atom. The number of hydrogen-bond acceptors (Lipinski definition) is 4. The minimum absolute atomic E-state index is 0.0328. The molecule has 1 amide bonds. The summed E-state index contributed by atoms with van der Waals surface area (Å²) in [4.78, 5) is 19.8. The average molecular weight is 447 g/mol. The molecule has 5 rings (SSSR count). The summed E-state index contributed by atoms with van der Waals surface area (Å²) in [5.74, 6) is -0.535. The van der Waals surface area contributed by atoms with Crippen molar-refractivity contribution in [1.29, 1.82) is 0 Å². The number of para-hydroxylation sites is 1. The van der Waals surface area contributed by atoms with E-state index in [9.17, 15) is 9.18 Å². The van der Waals surface area contributed by atoms with E-state index in [0.717, 1.165) is 28.7 Å². The fourth-order valence-corrected chi connectivity index (χ4v) is 5.13. The van der Waals surface area contributed by atoms with Crippen LogP contribution >= 0.6 is 11.3 Å². The third-order valence-electron chi connectivity index (χ3n) is 5.88. The van der Waals surface area contributed by atoms with Crippen LogP contribution in [-0.2, 0) is 4.79 Å². The van der Waals surface area contributed by atoms with Crippen molar-refractivity contribution in [2.75, 3.05) is 13.1 Å². The highest BCUT2D eigenvalue weighted by molar-refractivity contribution is 7.20. The fraction of sp³-hybridized carbons (Fsp3) is 0.231. The lowest BCUT2D eigenvalue weighted by Crippen LogP contribution is -2.44. The molecule has 1 saturated heterocycles. The van der Waals surface area contributed by atoms with Gasteiger partial charge >= 0.3 is 0 Å². The zero-order valence-electron chi connectivity index (χ0n) is 17.5. The van der Waals surface area contributed by atoms with E-state index in [1.54, 1.807) is 6.07 Å². The van der Waals surface area contributed by atoms with E-state index in [-0.39, 0.29) is 23.7 Å². The minimum Gasteiger partial charge on any atom is -0.467 e. The number of carbonyl (C=O) groups is 1. The summed E-state index contributed by atoms with van der Waals surface area (Å²) in [6.45, 7) is 1.25. The molecular formula is C26H23FN2O2S. The van der Waals surface area contributed by atoms with Gasteiger partial charge in [-0.05, 0) is 23.3 Å². The first-order valence-corrected chi connectivity index (χ1v) is 11.6. The summed E-state index contributed by atoms with van der Waals surface area (Å²) in [6.07, 6.45) is 1.41. The van der Waals surface area contributed by atoms with E-state index in [2.05, 4.69) is 4.98 Å². The summed E-state index contributed by atoms with van der Waals surface area (Å²) in [6, 6.07) is 24.8. The van der Waals surface area contributed by atoms with Gasteiger partial charge in [-0.25, -0.2) is 4.39 Å². The Morgan fingerprint density at radius 2 is 1.56 bits per heavy atom. The molecule has 32 heavy (non-hydrogen) atoms. The van der Waals surface area contributed by atoms with Gasteiger partial charge in [0.05, 0.1) is 10.6 Å². The molecule has 0 N–H and O–H groups in total. The second kappa shape index (κ2) is 9.09. The van der Waals surface area contributed by atoms with Crippen LogP contribution in [0.3, 0.4) is 0 Å². The van der Waals surface area contributed by atoms with Gasteiger partial charge in [-0.2, -0.15) is 4.98 Å². The van der Waals surface area contributed by atoms with E-state index in [1.807, 2.05) is 71.6 Å². The monoisotopic (exact) mass is 446 g/mol. The van der Waals surface area contributed by atoms with Gasteiger partial charge in [0, 0.05) is 25.9 Å². The number of fused-ring (bicyclic) bond motifs is 1. The van der Waals surface area contributed by atoms with Crippen LogP contribution in [-0.4, -0.2) is 35.0 Å². The average Bonchev–Trinajstić information content (AvgIpc) is 3.25. The third-order valence-corrected chi connectivity index (χ3v) is 6.80. The van der Waals surface area contributed by atoms with Crippen molar-refractivity contribution in [3.05, 3.63) is 95.8 Å². The number of benzene rings is 3. The number of likely N-dealkylation sites (tertiary alicyclic amines) is 1. The highest BCUT2D eigenvalue weighted by Gasteiger charge is 2.31. The molecule has 1 aliphatic heterocycles. The number of ether oxygens (including phenoxy) is 1. The SMILES string of the molecule is O=C(C(c1ccccc1)c1ccccc1)N1CCC(Oc2nc3c(F)cccc3s2)CC1. The first kappa shape index (κ1) is 20.6. The highest BCUT2D eigenvalue weighted by atomic mass is 32.1. The molecule has 0 atom stereocenters. The number of rotatable bonds is 5. The van der Waals surface area contributed by atoms with Crippen molar-refractivity contribution in [2.45, 2.75) is 24.9 Å². The van der Waals surface area contributed by atoms with Crippen LogP contribution < -0.4 is 4.74 Å². The maximum Gasteiger partial charge on any atom is 0.274 e. The predicted octanol–water partition coefficient (Wildman–Crippen LogP) is 5.64. The number of halogens is 1. The van der Waals surface area contributed by atoms with Crippen LogP contribution in [0.15, 0.2) is 78.9 Å². The Labute approximate surface area is 190 Å². The van der Waals surface area contributed by atoms with Gasteiger partial charge in [0.2, 0.25) is 5.91 Å². The molecule has 0 bridgehead atoms. The Kier molecular flexibility index (Phi) is 5.86. The summed E-state index contributed by atoms with van der Waals surface area (Å²) in [5, 5.41) is 0.487. The van der Waals surface area contributed by atoms with Crippen LogP contribution in [0, 0.1) is 5.82 Å². The summed E-state index contributed by atoms with van der Waals surface area (Å²) >= 11 is 1.36. The Balaban J connectivity index is 1.28. The van der Waals surface area contributed by atoms with Gasteiger partial charge in [-0.15, -0.1) is 0 Å². The number of nitrogens with zero attached hydrogens (tertiary/aromatic N) is 2. The molecule has 3 aromatic carbocycles. The molecule has 0 saturated carbocycles. The van der Waals surface area contributed by atoms with Crippen molar-refractivity contribution in [3.8, 4) is 5.19 Å². The van der Waals surface area contributed by atoms with Crippen LogP contribution in [0.25, 0.3) is 10.2 Å². The van der Waals surface area contributed by atoms with Crippen LogP contribution in [0.4, 0.5) is 4.39 Å². The number of amides is 1. The lowest BCUT2D eigenvalue weighted by atomic mass is 9.89. The summed E-state index contributed by atoms with van der Waals surface area (Å²) in [7, 11) is 0. The Morgan fingerprint density at radius 3 is 2.16 bits per heavy atom. The molecule has 1 aliphatic rings. The van der Waals surface area contributed by atoms with Crippen molar-refractivity contribution < 1.29 is 13.9 Å². The van der Waals surface area contributed by atoms with Gasteiger partial charge in [0.15, 0.2) is 0 Å². The molecule has 0 spiro atoms. The quantitative estimate of drug-likeness (QED) is 0.399. The van der Waals surface area contributed by atoms with Gasteiger partial charge in [0.25, 0.3) is 5.19 Å². The summed E-state index contributed by atoms with van der Waals surface area (Å²) < 4.78 is 20.8. The molecule has 2 heterocycles. The van der Waals surface area contributed by atoms with E-state index in [4.69, 9.17) is 4.74 Å². The molecule has 4 nitrogen and oxygen atoms in total. The van der Waals surface area contributed by atoms with Gasteiger partial charge in [-0.3, -0.25) is 4.79 Å². The van der Waals surface area contributed by atoms with E-state index in [0.29, 0.717) is 23.8 Å². The molecule has 0 radical (unpaired) electrons. The smallest absolute Gasteiger partial charge is 0.274 e. The maximum atomic E-state index is 13.9. The normalized spacial score (nSPS) is 14.8. The lowest BCUT2D eigenvalue weighted by Gasteiger charge is -2.34. The fourth-order valence-electron chi connectivity index (χ4n) is 4.23. The second-order valence-corrected chi connectivity index (χ2v) is 8.96. The Bertz CT molecular complexity index is 1160. The molecule has 0 aliphatic carbocycles. The van der Waals surface area contributed by atoms with Gasteiger partial charge < -0.3 is 9.64 Å². The number of aromatic nitrogens is 1. The van der Waals surface area contributed by atoms with Crippen molar-refractivity contribution in [3.63, 3.8) is 0 Å². The Hall–Kier alpha value is -3.25. The topological polar surface area (TPSA) is 42.4 Å². The molecule has 6 heteroatoms. The molecule has 162 valence electrons. The zero-order valence-corrected chi connectivity index (χ0v) is 18.3. The molecule has 1 aromatic heterocycles. The van der Waals surface area contributed by atoms with Crippen molar-refractivity contribution in [1.82, 2.24) is 9.88 Å². The van der Waals surface area contributed by atoms with E-state index < -0.39 is 0 Å². The highest BCUT2D eigenvalue weighted by Crippen LogP contribution is 2.32. The number of piperidine rings is 1. The first-order valence-electron chi connectivity index (χ1n) is 10.8. The maximum absolute atomic E-state index is 13.9. The number of hydrogen-bond donors (Lipinski definition) is 0.